The lowest BCUT2D eigenvalue weighted by atomic mass is 9.81. The van der Waals surface area contributed by atoms with Gasteiger partial charge in [0.05, 0.1) is 16.7 Å². The van der Waals surface area contributed by atoms with Gasteiger partial charge in [0.15, 0.2) is 11.6 Å². The number of anilines is 1. The molecule has 7 nitrogen and oxygen atoms in total. The molecule has 2 atom stereocenters. The van der Waals surface area contributed by atoms with Crippen molar-refractivity contribution in [3.63, 3.8) is 0 Å². The molecule has 2 N–H and O–H groups in total. The summed E-state index contributed by atoms with van der Waals surface area (Å²) in [4.78, 5) is 2.82. The highest BCUT2D eigenvalue weighted by molar-refractivity contribution is 7.93. The van der Waals surface area contributed by atoms with Gasteiger partial charge in [0.2, 0.25) is 5.13 Å². The lowest BCUT2D eigenvalue weighted by Crippen LogP contribution is -2.38. The van der Waals surface area contributed by atoms with E-state index >= 15 is 0 Å². The van der Waals surface area contributed by atoms with E-state index < -0.39 is 26.6 Å². The number of halogens is 4. The molecule has 13 heteroatoms. The van der Waals surface area contributed by atoms with Crippen LogP contribution < -0.4 is 14.8 Å². The van der Waals surface area contributed by atoms with Crippen molar-refractivity contribution in [1.29, 1.82) is 0 Å². The van der Waals surface area contributed by atoms with Gasteiger partial charge in [0.25, 0.3) is 10.0 Å². The summed E-state index contributed by atoms with van der Waals surface area (Å²) in [5.74, 6) is -2.50. The molecule has 1 fully saturated rings. The predicted molar refractivity (Wildman–Crippen MR) is 123 cm³/mol. The summed E-state index contributed by atoms with van der Waals surface area (Å²) in [6.07, 6.45) is 1.94. The van der Waals surface area contributed by atoms with E-state index in [4.69, 9.17) is 27.9 Å². The first kappa shape index (κ1) is 24.1. The first-order valence-electron chi connectivity index (χ1n) is 9.81. The van der Waals surface area contributed by atoms with Crippen LogP contribution in [0, 0.1) is 17.6 Å². The molecule has 0 aliphatic carbocycles. The summed E-state index contributed by atoms with van der Waals surface area (Å²) in [6, 6.07) is 6.74. The van der Waals surface area contributed by atoms with E-state index in [-0.39, 0.29) is 29.3 Å². The van der Waals surface area contributed by atoms with E-state index in [9.17, 15) is 17.2 Å². The average molecular weight is 535 g/mol. The molecule has 1 saturated heterocycles. The van der Waals surface area contributed by atoms with Crippen molar-refractivity contribution in [2.24, 2.45) is 5.92 Å². The number of hydrogen-bond donors (Lipinski definition) is 2. The van der Waals surface area contributed by atoms with E-state index in [0.29, 0.717) is 22.7 Å². The van der Waals surface area contributed by atoms with Crippen molar-refractivity contribution in [1.82, 2.24) is 14.7 Å². The minimum absolute atomic E-state index is 0.0547. The first-order chi connectivity index (χ1) is 15.7. The Labute approximate surface area is 203 Å². The SMILES string of the molecule is O=S(=O)(Nc1ncns1)c1cc(F)c(OC[C@@H]2CNCC[C@H]2c2ccc(Cl)c(Cl)c2)cc1F. The van der Waals surface area contributed by atoms with Gasteiger partial charge < -0.3 is 10.1 Å². The Morgan fingerprint density at radius 1 is 1.18 bits per heavy atom. The van der Waals surface area contributed by atoms with Gasteiger partial charge in [0.1, 0.15) is 17.0 Å². The Bertz CT molecular complexity index is 1250. The Hall–Kier alpha value is -2.05. The molecule has 4 rings (SSSR count). The number of ether oxygens (including phenoxy) is 1. The normalized spacial score (nSPS) is 18.8. The molecule has 1 aromatic heterocycles. The molecule has 1 aliphatic heterocycles. The second-order valence-electron chi connectivity index (χ2n) is 7.41. The molecule has 0 saturated carbocycles. The van der Waals surface area contributed by atoms with Gasteiger partial charge in [-0.1, -0.05) is 29.3 Å². The van der Waals surface area contributed by atoms with E-state index in [1.165, 1.54) is 0 Å². The van der Waals surface area contributed by atoms with Crippen LogP contribution in [-0.2, 0) is 10.0 Å². The molecule has 176 valence electrons. The Kier molecular flexibility index (Phi) is 7.34. The number of rotatable bonds is 7. The number of nitrogens with one attached hydrogen (secondary N) is 2. The highest BCUT2D eigenvalue weighted by Crippen LogP contribution is 2.35. The quantitative estimate of drug-likeness (QED) is 0.456. The van der Waals surface area contributed by atoms with Crippen LogP contribution >= 0.6 is 34.7 Å². The summed E-state index contributed by atoms with van der Waals surface area (Å²) in [7, 11) is -4.39. The fraction of sp³-hybridized carbons (Fsp3) is 0.300. The van der Waals surface area contributed by atoms with Crippen LogP contribution in [0.3, 0.4) is 0 Å². The standard InChI is InChI=1S/C20H18Cl2F2N4O3S2/c21-14-2-1-11(5-15(14)22)13-3-4-25-8-12(13)9-31-18-6-17(24)19(7-16(18)23)33(29,30)28-20-26-10-27-32-20/h1-2,5-7,10,12-13,25H,3-4,8-9H2,(H,26,27,28)/t12-,13-/m0/s1. The first-order valence-corrected chi connectivity index (χ1v) is 12.8. The molecule has 0 spiro atoms. The number of hydrogen-bond acceptors (Lipinski definition) is 7. The molecule has 2 heterocycles. The van der Waals surface area contributed by atoms with Crippen LogP contribution in [0.4, 0.5) is 13.9 Å². The van der Waals surface area contributed by atoms with Crippen LogP contribution in [0.1, 0.15) is 17.9 Å². The van der Waals surface area contributed by atoms with Gasteiger partial charge in [-0.05, 0) is 36.6 Å². The Morgan fingerprint density at radius 2 is 2.00 bits per heavy atom. The van der Waals surface area contributed by atoms with Crippen molar-refractivity contribution in [3.8, 4) is 5.75 Å². The highest BCUT2D eigenvalue weighted by atomic mass is 35.5. The highest BCUT2D eigenvalue weighted by Gasteiger charge is 2.29. The van der Waals surface area contributed by atoms with Gasteiger partial charge >= 0.3 is 0 Å². The van der Waals surface area contributed by atoms with Crippen LogP contribution in [0.5, 0.6) is 5.75 Å². The Morgan fingerprint density at radius 3 is 2.73 bits per heavy atom. The largest absolute Gasteiger partial charge is 0.490 e. The van der Waals surface area contributed by atoms with Crippen molar-refractivity contribution in [2.75, 3.05) is 24.4 Å². The second-order valence-corrected chi connectivity index (χ2v) is 10.7. The maximum atomic E-state index is 14.7. The van der Waals surface area contributed by atoms with Crippen LogP contribution in [-0.4, -0.2) is 37.5 Å². The molecule has 1 aliphatic rings. The van der Waals surface area contributed by atoms with E-state index in [1.807, 2.05) is 6.07 Å². The molecule has 2 aromatic carbocycles. The number of piperidine rings is 1. The molecular weight excluding hydrogens is 517 g/mol. The van der Waals surface area contributed by atoms with Crippen LogP contribution in [0.15, 0.2) is 41.6 Å². The molecule has 0 bridgehead atoms. The minimum Gasteiger partial charge on any atom is -0.490 e. The smallest absolute Gasteiger partial charge is 0.266 e. The molecule has 0 unspecified atom stereocenters. The molecule has 0 radical (unpaired) electrons. The number of benzene rings is 2. The van der Waals surface area contributed by atoms with Crippen LogP contribution in [0.25, 0.3) is 0 Å². The zero-order chi connectivity index (χ0) is 23.6. The van der Waals surface area contributed by atoms with Crippen molar-refractivity contribution < 1.29 is 21.9 Å². The third kappa shape index (κ3) is 5.55. The zero-order valence-electron chi connectivity index (χ0n) is 16.9. The monoisotopic (exact) mass is 534 g/mol. The van der Waals surface area contributed by atoms with E-state index in [0.717, 1.165) is 42.5 Å². The summed E-state index contributed by atoms with van der Waals surface area (Å²) >= 11 is 12.9. The topological polar surface area (TPSA) is 93.2 Å². The summed E-state index contributed by atoms with van der Waals surface area (Å²) < 4.78 is 65.3. The van der Waals surface area contributed by atoms with E-state index in [2.05, 4.69) is 19.4 Å². The number of nitrogens with zero attached hydrogens (tertiary/aromatic N) is 2. The molecule has 0 amide bonds. The van der Waals surface area contributed by atoms with E-state index in [1.54, 1.807) is 12.1 Å². The van der Waals surface area contributed by atoms with Crippen LogP contribution in [0.2, 0.25) is 10.0 Å². The molecular formula is C20H18Cl2F2N4O3S2. The van der Waals surface area contributed by atoms with Gasteiger partial charge in [-0.15, -0.1) is 0 Å². The van der Waals surface area contributed by atoms with Gasteiger partial charge in [-0.3, -0.25) is 4.72 Å². The molecule has 3 aromatic rings. The zero-order valence-corrected chi connectivity index (χ0v) is 20.0. The number of sulfonamides is 1. The summed E-state index contributed by atoms with van der Waals surface area (Å²) in [5.41, 5.74) is 0.982. The fourth-order valence-electron chi connectivity index (χ4n) is 3.69. The third-order valence-electron chi connectivity index (χ3n) is 5.29. The van der Waals surface area contributed by atoms with Crippen molar-refractivity contribution >= 4 is 49.9 Å². The molecule has 33 heavy (non-hydrogen) atoms. The minimum atomic E-state index is -4.39. The van der Waals surface area contributed by atoms with Gasteiger partial charge in [-0.25, -0.2) is 22.2 Å². The lowest BCUT2D eigenvalue weighted by Gasteiger charge is -2.32. The third-order valence-corrected chi connectivity index (χ3v) is 8.09. The lowest BCUT2D eigenvalue weighted by molar-refractivity contribution is 0.190. The summed E-state index contributed by atoms with van der Waals surface area (Å²) in [6.45, 7) is 1.48. The fourth-order valence-corrected chi connectivity index (χ4v) is 5.73. The number of aromatic nitrogens is 2. The maximum Gasteiger partial charge on any atom is 0.266 e. The van der Waals surface area contributed by atoms with Gasteiger partial charge in [-0.2, -0.15) is 4.37 Å². The average Bonchev–Trinajstić information content (AvgIpc) is 3.28. The van der Waals surface area contributed by atoms with Crippen molar-refractivity contribution in [3.05, 3.63) is 63.9 Å². The predicted octanol–water partition coefficient (Wildman–Crippen LogP) is 4.70. The van der Waals surface area contributed by atoms with Crippen molar-refractivity contribution in [2.45, 2.75) is 17.2 Å². The Balaban J connectivity index is 1.50. The van der Waals surface area contributed by atoms with Gasteiger partial charge in [0, 0.05) is 36.1 Å². The second kappa shape index (κ2) is 10.1. The maximum absolute atomic E-state index is 14.7. The summed E-state index contributed by atoms with van der Waals surface area (Å²) in [5, 5.41) is 4.10.